The molecular weight excluding hydrogens is 414 g/mol. The maximum atomic E-state index is 12.9. The van der Waals surface area contributed by atoms with E-state index < -0.39 is 0 Å². The van der Waals surface area contributed by atoms with Crippen molar-refractivity contribution in [1.29, 1.82) is 0 Å². The van der Waals surface area contributed by atoms with Crippen molar-refractivity contribution in [3.63, 3.8) is 0 Å². The maximum absolute atomic E-state index is 12.9. The van der Waals surface area contributed by atoms with Gasteiger partial charge < -0.3 is 20.3 Å². The molecule has 0 aliphatic carbocycles. The molecule has 2 heterocycles. The van der Waals surface area contributed by atoms with Gasteiger partial charge in [-0.25, -0.2) is 4.79 Å². The first kappa shape index (κ1) is 20.8. The second-order valence-corrected chi connectivity index (χ2v) is 8.26. The first-order valence-electron chi connectivity index (χ1n) is 9.97. The SMILES string of the molecule is COc1ccccc1NC(=O)N1CCCC1c1nnc(C(=O)Nc2ccc(C)cc2)s1. The number of hydrogen-bond donors (Lipinski definition) is 2. The number of benzene rings is 2. The van der Waals surface area contributed by atoms with Crippen molar-refractivity contribution in [1.82, 2.24) is 15.1 Å². The zero-order valence-corrected chi connectivity index (χ0v) is 18.1. The molecule has 1 atom stereocenters. The van der Waals surface area contributed by atoms with E-state index in [1.807, 2.05) is 43.3 Å². The molecule has 3 aromatic rings. The van der Waals surface area contributed by atoms with E-state index in [2.05, 4.69) is 20.8 Å². The van der Waals surface area contributed by atoms with Crippen LogP contribution in [0.15, 0.2) is 48.5 Å². The minimum Gasteiger partial charge on any atom is -0.495 e. The van der Waals surface area contributed by atoms with Crippen LogP contribution in [-0.2, 0) is 0 Å². The third kappa shape index (κ3) is 4.66. The molecule has 1 saturated heterocycles. The van der Waals surface area contributed by atoms with Gasteiger partial charge in [0.1, 0.15) is 10.8 Å². The predicted molar refractivity (Wildman–Crippen MR) is 120 cm³/mol. The molecule has 0 radical (unpaired) electrons. The van der Waals surface area contributed by atoms with Crippen molar-refractivity contribution in [2.45, 2.75) is 25.8 Å². The Morgan fingerprint density at radius 2 is 1.87 bits per heavy atom. The summed E-state index contributed by atoms with van der Waals surface area (Å²) in [7, 11) is 1.56. The number of anilines is 2. The zero-order valence-electron chi connectivity index (χ0n) is 17.3. The Morgan fingerprint density at radius 1 is 1.10 bits per heavy atom. The molecule has 0 spiro atoms. The van der Waals surface area contributed by atoms with Crippen molar-refractivity contribution < 1.29 is 14.3 Å². The molecule has 3 amide bonds. The highest BCUT2D eigenvalue weighted by Crippen LogP contribution is 2.35. The molecule has 31 heavy (non-hydrogen) atoms. The Hall–Kier alpha value is -3.46. The Labute approximate surface area is 184 Å². The van der Waals surface area contributed by atoms with Crippen molar-refractivity contribution in [2.24, 2.45) is 0 Å². The Morgan fingerprint density at radius 3 is 2.65 bits per heavy atom. The van der Waals surface area contributed by atoms with Gasteiger partial charge in [-0.05, 0) is 44.0 Å². The van der Waals surface area contributed by atoms with Crippen LogP contribution in [0.25, 0.3) is 0 Å². The molecule has 2 aromatic carbocycles. The highest BCUT2D eigenvalue weighted by atomic mass is 32.1. The minimum atomic E-state index is -0.310. The lowest BCUT2D eigenvalue weighted by molar-refractivity contribution is 0.102. The average Bonchev–Trinajstić information content (AvgIpc) is 3.45. The minimum absolute atomic E-state index is 0.215. The largest absolute Gasteiger partial charge is 0.495 e. The summed E-state index contributed by atoms with van der Waals surface area (Å²) in [5.41, 5.74) is 2.42. The Kier molecular flexibility index (Phi) is 6.13. The van der Waals surface area contributed by atoms with E-state index in [9.17, 15) is 9.59 Å². The van der Waals surface area contributed by atoms with Gasteiger partial charge in [-0.3, -0.25) is 4.79 Å². The molecule has 9 heteroatoms. The van der Waals surface area contributed by atoms with Crippen molar-refractivity contribution in [3.05, 3.63) is 64.1 Å². The van der Waals surface area contributed by atoms with Gasteiger partial charge >= 0.3 is 6.03 Å². The number of urea groups is 1. The number of hydrogen-bond acceptors (Lipinski definition) is 6. The standard InChI is InChI=1S/C22H23N5O3S/c1-14-9-11-15(12-10-14)23-19(28)21-26-25-20(31-21)17-7-5-13-27(17)22(29)24-16-6-3-4-8-18(16)30-2/h3-4,6,8-12,17H,5,7,13H2,1-2H3,(H,23,28)(H,24,29). The lowest BCUT2D eigenvalue weighted by atomic mass is 10.2. The number of nitrogens with one attached hydrogen (secondary N) is 2. The molecule has 0 saturated carbocycles. The number of carbonyl (C=O) groups excluding carboxylic acids is 2. The molecule has 4 rings (SSSR count). The first-order valence-corrected chi connectivity index (χ1v) is 10.8. The van der Waals surface area contributed by atoms with Crippen molar-refractivity contribution >= 4 is 34.6 Å². The summed E-state index contributed by atoms with van der Waals surface area (Å²) in [6.45, 7) is 2.59. The molecule has 1 aliphatic rings. The fourth-order valence-corrected chi connectivity index (χ4v) is 4.37. The van der Waals surface area contributed by atoms with E-state index in [4.69, 9.17) is 4.74 Å². The molecule has 0 bridgehead atoms. The van der Waals surface area contributed by atoms with Crippen LogP contribution in [0.5, 0.6) is 5.75 Å². The van der Waals surface area contributed by atoms with Gasteiger partial charge in [0.2, 0.25) is 5.01 Å². The summed E-state index contributed by atoms with van der Waals surface area (Å²) in [6.07, 6.45) is 1.63. The lowest BCUT2D eigenvalue weighted by Gasteiger charge is -2.23. The topological polar surface area (TPSA) is 96.4 Å². The molecule has 1 aliphatic heterocycles. The van der Waals surface area contributed by atoms with Gasteiger partial charge in [0.05, 0.1) is 18.8 Å². The number of ether oxygens (including phenoxy) is 1. The summed E-state index contributed by atoms with van der Waals surface area (Å²) in [6, 6.07) is 14.4. The number of carbonyl (C=O) groups is 2. The number of amides is 3. The predicted octanol–water partition coefficient (Wildman–Crippen LogP) is 4.48. The average molecular weight is 438 g/mol. The van der Waals surface area contributed by atoms with Gasteiger partial charge in [-0.15, -0.1) is 10.2 Å². The summed E-state index contributed by atoms with van der Waals surface area (Å²) in [5.74, 6) is 0.285. The van der Waals surface area contributed by atoms with Gasteiger partial charge in [0, 0.05) is 12.2 Å². The third-order valence-electron chi connectivity index (χ3n) is 5.09. The maximum Gasteiger partial charge on any atom is 0.322 e. The van der Waals surface area contributed by atoms with Crippen LogP contribution in [-0.4, -0.2) is 40.7 Å². The van der Waals surface area contributed by atoms with E-state index in [1.54, 1.807) is 24.1 Å². The molecule has 1 aromatic heterocycles. The first-order chi connectivity index (χ1) is 15.0. The second-order valence-electron chi connectivity index (χ2n) is 7.25. The molecule has 1 fully saturated rings. The Balaban J connectivity index is 1.45. The van der Waals surface area contributed by atoms with Crippen LogP contribution in [0.4, 0.5) is 16.2 Å². The van der Waals surface area contributed by atoms with Crippen LogP contribution < -0.4 is 15.4 Å². The van der Waals surface area contributed by atoms with Crippen LogP contribution in [0, 0.1) is 6.92 Å². The van der Waals surface area contributed by atoms with E-state index in [-0.39, 0.29) is 23.0 Å². The van der Waals surface area contributed by atoms with Crippen LogP contribution in [0.1, 0.15) is 39.3 Å². The molecular formula is C22H23N5O3S. The van der Waals surface area contributed by atoms with Crippen LogP contribution in [0.2, 0.25) is 0 Å². The number of nitrogens with zero attached hydrogens (tertiary/aromatic N) is 3. The van der Waals surface area contributed by atoms with Gasteiger partial charge in [0.25, 0.3) is 5.91 Å². The second kappa shape index (κ2) is 9.13. The van der Waals surface area contributed by atoms with E-state index >= 15 is 0 Å². The number of methoxy groups -OCH3 is 1. The summed E-state index contributed by atoms with van der Waals surface area (Å²) < 4.78 is 5.31. The highest BCUT2D eigenvalue weighted by Gasteiger charge is 2.33. The molecule has 8 nitrogen and oxygen atoms in total. The van der Waals surface area contributed by atoms with Gasteiger partial charge in [-0.1, -0.05) is 41.2 Å². The van der Waals surface area contributed by atoms with Crippen LogP contribution in [0.3, 0.4) is 0 Å². The summed E-state index contributed by atoms with van der Waals surface area (Å²) in [4.78, 5) is 27.2. The monoisotopic (exact) mass is 437 g/mol. The molecule has 160 valence electrons. The molecule has 2 N–H and O–H groups in total. The van der Waals surface area contributed by atoms with Crippen LogP contribution >= 0.6 is 11.3 Å². The zero-order chi connectivity index (χ0) is 21.8. The highest BCUT2D eigenvalue weighted by molar-refractivity contribution is 7.13. The quantitative estimate of drug-likeness (QED) is 0.614. The molecule has 1 unspecified atom stereocenters. The summed E-state index contributed by atoms with van der Waals surface area (Å²) >= 11 is 1.22. The van der Waals surface area contributed by atoms with E-state index in [0.717, 1.165) is 18.4 Å². The Bertz CT molecular complexity index is 1080. The smallest absolute Gasteiger partial charge is 0.322 e. The lowest BCUT2D eigenvalue weighted by Crippen LogP contribution is -2.34. The van der Waals surface area contributed by atoms with Gasteiger partial charge in [0.15, 0.2) is 0 Å². The fourth-order valence-electron chi connectivity index (χ4n) is 3.48. The number of aryl methyl sites for hydroxylation is 1. The number of para-hydroxylation sites is 2. The van der Waals surface area contributed by atoms with E-state index in [1.165, 1.54) is 11.3 Å². The van der Waals surface area contributed by atoms with Crippen molar-refractivity contribution in [2.75, 3.05) is 24.3 Å². The fraction of sp³-hybridized carbons (Fsp3) is 0.273. The van der Waals surface area contributed by atoms with Crippen molar-refractivity contribution in [3.8, 4) is 5.75 Å². The number of rotatable bonds is 5. The number of likely N-dealkylation sites (tertiary alicyclic amines) is 1. The third-order valence-corrected chi connectivity index (χ3v) is 6.11. The van der Waals surface area contributed by atoms with E-state index in [0.29, 0.717) is 28.7 Å². The normalized spacial score (nSPS) is 15.5. The van der Waals surface area contributed by atoms with Gasteiger partial charge in [-0.2, -0.15) is 0 Å². The number of aromatic nitrogens is 2. The summed E-state index contributed by atoms with van der Waals surface area (Å²) in [5, 5.41) is 14.9.